The Morgan fingerprint density at radius 1 is 1.27 bits per heavy atom. The Kier molecular flexibility index (Phi) is 7.68. The number of nitrogens with one attached hydrogen (secondary N) is 2. The number of amides is 3. The summed E-state index contributed by atoms with van der Waals surface area (Å²) in [4.78, 5) is 27.8. The van der Waals surface area contributed by atoms with Crippen LogP contribution in [0.15, 0.2) is 35.7 Å². The third-order valence-corrected chi connectivity index (χ3v) is 4.74. The molecular formula is C18H24N4O3S. The van der Waals surface area contributed by atoms with Crippen LogP contribution in [-0.4, -0.2) is 47.5 Å². The standard InChI is InChI=1S/C18H24N4O3S/c1-13-5-6-15(11-14(13)2)22-9-8-20-18(22)26-12-16(23)21-17(24)19-7-4-10-25-3/h5-6,8-9,11H,4,7,10,12H2,1-3H3,(H2,19,21,23,24). The summed E-state index contributed by atoms with van der Waals surface area (Å²) in [5, 5.41) is 5.61. The molecule has 2 rings (SSSR count). The van der Waals surface area contributed by atoms with Gasteiger partial charge in [0.05, 0.1) is 5.75 Å². The molecule has 0 aliphatic carbocycles. The lowest BCUT2D eigenvalue weighted by atomic mass is 10.1. The van der Waals surface area contributed by atoms with Crippen LogP contribution in [0.1, 0.15) is 17.5 Å². The van der Waals surface area contributed by atoms with Crippen LogP contribution in [-0.2, 0) is 9.53 Å². The van der Waals surface area contributed by atoms with Gasteiger partial charge in [0.1, 0.15) is 0 Å². The maximum atomic E-state index is 11.9. The van der Waals surface area contributed by atoms with Crippen LogP contribution in [0.2, 0.25) is 0 Å². The van der Waals surface area contributed by atoms with Crippen molar-refractivity contribution in [2.45, 2.75) is 25.4 Å². The van der Waals surface area contributed by atoms with E-state index in [-0.39, 0.29) is 11.7 Å². The maximum Gasteiger partial charge on any atom is 0.321 e. The molecule has 1 aromatic carbocycles. The van der Waals surface area contributed by atoms with Crippen LogP contribution >= 0.6 is 11.8 Å². The number of ether oxygens (including phenoxy) is 1. The Balaban J connectivity index is 1.86. The summed E-state index contributed by atoms with van der Waals surface area (Å²) in [6.07, 6.45) is 4.24. The Morgan fingerprint density at radius 2 is 2.08 bits per heavy atom. The number of benzene rings is 1. The third-order valence-electron chi connectivity index (χ3n) is 3.77. The highest BCUT2D eigenvalue weighted by atomic mass is 32.2. The minimum absolute atomic E-state index is 0.105. The highest BCUT2D eigenvalue weighted by Crippen LogP contribution is 2.21. The van der Waals surface area contributed by atoms with Crippen LogP contribution < -0.4 is 10.6 Å². The molecule has 0 unspecified atom stereocenters. The Hall–Kier alpha value is -2.32. The zero-order valence-corrected chi connectivity index (χ0v) is 16.1. The first-order chi connectivity index (χ1) is 12.5. The molecule has 2 aromatic rings. The molecule has 2 N–H and O–H groups in total. The van der Waals surface area contributed by atoms with E-state index in [0.29, 0.717) is 24.7 Å². The highest BCUT2D eigenvalue weighted by molar-refractivity contribution is 7.99. The topological polar surface area (TPSA) is 85.2 Å². The molecule has 0 atom stereocenters. The average Bonchev–Trinajstić information content (AvgIpc) is 3.08. The van der Waals surface area contributed by atoms with Gasteiger partial charge in [0.25, 0.3) is 0 Å². The van der Waals surface area contributed by atoms with Gasteiger partial charge in [0.2, 0.25) is 5.91 Å². The normalized spacial score (nSPS) is 10.6. The van der Waals surface area contributed by atoms with Crippen molar-refractivity contribution in [2.24, 2.45) is 0 Å². The average molecular weight is 376 g/mol. The number of imidazole rings is 1. The van der Waals surface area contributed by atoms with E-state index in [1.54, 1.807) is 13.3 Å². The fraction of sp³-hybridized carbons (Fsp3) is 0.389. The van der Waals surface area contributed by atoms with Crippen molar-refractivity contribution >= 4 is 23.7 Å². The number of aryl methyl sites for hydroxylation is 2. The molecule has 3 amide bonds. The number of carbonyl (C=O) groups is 2. The summed E-state index contributed by atoms with van der Waals surface area (Å²) in [6, 6.07) is 5.65. The van der Waals surface area contributed by atoms with E-state index in [1.165, 1.54) is 22.9 Å². The number of hydrogen-bond donors (Lipinski definition) is 2. The zero-order valence-electron chi connectivity index (χ0n) is 15.2. The smallest absolute Gasteiger partial charge is 0.321 e. The monoisotopic (exact) mass is 376 g/mol. The van der Waals surface area contributed by atoms with Crippen molar-refractivity contribution in [3.05, 3.63) is 41.7 Å². The molecule has 7 nitrogen and oxygen atoms in total. The summed E-state index contributed by atoms with van der Waals surface area (Å²) in [5.41, 5.74) is 3.40. The summed E-state index contributed by atoms with van der Waals surface area (Å²) < 4.78 is 6.82. The maximum absolute atomic E-state index is 11.9. The number of nitrogens with zero attached hydrogens (tertiary/aromatic N) is 2. The van der Waals surface area contributed by atoms with E-state index < -0.39 is 6.03 Å². The van der Waals surface area contributed by atoms with E-state index >= 15 is 0 Å². The number of thioether (sulfide) groups is 1. The van der Waals surface area contributed by atoms with Gasteiger partial charge in [0, 0.05) is 38.3 Å². The van der Waals surface area contributed by atoms with Crippen molar-refractivity contribution in [2.75, 3.05) is 26.0 Å². The van der Waals surface area contributed by atoms with Crippen molar-refractivity contribution in [1.29, 1.82) is 0 Å². The molecule has 0 fully saturated rings. The van der Waals surface area contributed by atoms with E-state index in [4.69, 9.17) is 4.74 Å². The SMILES string of the molecule is COCCCNC(=O)NC(=O)CSc1nccn1-c1ccc(C)c(C)c1. The summed E-state index contributed by atoms with van der Waals surface area (Å²) in [5.74, 6) is -0.262. The second kappa shape index (κ2) is 9.98. The largest absolute Gasteiger partial charge is 0.385 e. The second-order valence-electron chi connectivity index (χ2n) is 5.79. The molecule has 0 bridgehead atoms. The molecule has 0 radical (unpaired) electrons. The molecule has 0 spiro atoms. The van der Waals surface area contributed by atoms with Gasteiger partial charge in [-0.3, -0.25) is 14.7 Å². The van der Waals surface area contributed by atoms with Gasteiger partial charge in [-0.15, -0.1) is 0 Å². The number of aromatic nitrogens is 2. The molecular weight excluding hydrogens is 352 g/mol. The van der Waals surface area contributed by atoms with E-state index in [0.717, 1.165) is 5.69 Å². The van der Waals surface area contributed by atoms with E-state index in [9.17, 15) is 9.59 Å². The lowest BCUT2D eigenvalue weighted by Crippen LogP contribution is -2.40. The van der Waals surface area contributed by atoms with Crippen LogP contribution in [0.5, 0.6) is 0 Å². The molecule has 8 heteroatoms. The molecule has 0 saturated heterocycles. The second-order valence-corrected chi connectivity index (χ2v) is 6.73. The number of urea groups is 1. The van der Waals surface area contributed by atoms with Crippen molar-refractivity contribution in [1.82, 2.24) is 20.2 Å². The van der Waals surface area contributed by atoms with E-state index in [1.807, 2.05) is 16.8 Å². The fourth-order valence-electron chi connectivity index (χ4n) is 2.22. The summed E-state index contributed by atoms with van der Waals surface area (Å²) in [6.45, 7) is 5.14. The van der Waals surface area contributed by atoms with Crippen molar-refractivity contribution < 1.29 is 14.3 Å². The van der Waals surface area contributed by atoms with Gasteiger partial charge in [-0.25, -0.2) is 9.78 Å². The molecule has 0 aliphatic rings. The molecule has 1 heterocycles. The summed E-state index contributed by atoms with van der Waals surface area (Å²) >= 11 is 1.28. The lowest BCUT2D eigenvalue weighted by Gasteiger charge is -2.10. The summed E-state index contributed by atoms with van der Waals surface area (Å²) in [7, 11) is 1.60. The number of imide groups is 1. The number of methoxy groups -OCH3 is 1. The number of carbonyl (C=O) groups excluding carboxylic acids is 2. The first-order valence-corrected chi connectivity index (χ1v) is 9.30. The fourth-order valence-corrected chi connectivity index (χ4v) is 3.00. The van der Waals surface area contributed by atoms with Gasteiger partial charge in [-0.1, -0.05) is 17.8 Å². The molecule has 26 heavy (non-hydrogen) atoms. The Bertz CT molecular complexity index is 761. The highest BCUT2D eigenvalue weighted by Gasteiger charge is 2.11. The predicted octanol–water partition coefficient (Wildman–Crippen LogP) is 2.44. The molecule has 0 saturated carbocycles. The van der Waals surface area contributed by atoms with Crippen LogP contribution in [0.25, 0.3) is 5.69 Å². The van der Waals surface area contributed by atoms with Gasteiger partial charge >= 0.3 is 6.03 Å². The van der Waals surface area contributed by atoms with E-state index in [2.05, 4.69) is 41.6 Å². The Morgan fingerprint density at radius 3 is 2.81 bits per heavy atom. The van der Waals surface area contributed by atoms with Crippen LogP contribution in [0.4, 0.5) is 4.79 Å². The number of rotatable bonds is 8. The minimum Gasteiger partial charge on any atom is -0.385 e. The Labute approximate surface area is 157 Å². The van der Waals surface area contributed by atoms with Crippen LogP contribution in [0, 0.1) is 13.8 Å². The van der Waals surface area contributed by atoms with Crippen molar-refractivity contribution in [3.8, 4) is 5.69 Å². The molecule has 140 valence electrons. The third kappa shape index (κ3) is 5.89. The predicted molar refractivity (Wildman–Crippen MR) is 102 cm³/mol. The molecule has 0 aliphatic heterocycles. The van der Waals surface area contributed by atoms with Crippen molar-refractivity contribution in [3.63, 3.8) is 0 Å². The first-order valence-electron chi connectivity index (χ1n) is 8.31. The minimum atomic E-state index is -0.496. The van der Waals surface area contributed by atoms with Gasteiger partial charge < -0.3 is 10.1 Å². The first kappa shape index (κ1) is 20.0. The zero-order chi connectivity index (χ0) is 18.9. The quantitative estimate of drug-likeness (QED) is 0.546. The van der Waals surface area contributed by atoms with Gasteiger partial charge in [0.15, 0.2) is 5.16 Å². The number of hydrogen-bond acceptors (Lipinski definition) is 5. The van der Waals surface area contributed by atoms with Crippen LogP contribution in [0.3, 0.4) is 0 Å². The molecule has 1 aromatic heterocycles. The van der Waals surface area contributed by atoms with Gasteiger partial charge in [-0.05, 0) is 43.5 Å². The van der Waals surface area contributed by atoms with Gasteiger partial charge in [-0.2, -0.15) is 0 Å². The lowest BCUT2D eigenvalue weighted by molar-refractivity contribution is -0.117.